The highest BCUT2D eigenvalue weighted by molar-refractivity contribution is 6.23. The van der Waals surface area contributed by atoms with E-state index in [1.54, 1.807) is 24.1 Å². The highest BCUT2D eigenvalue weighted by Crippen LogP contribution is 2.33. The lowest BCUT2D eigenvalue weighted by molar-refractivity contribution is 0.0654. The lowest BCUT2D eigenvalue weighted by Gasteiger charge is -2.37. The molecule has 2 aliphatic rings. The van der Waals surface area contributed by atoms with Gasteiger partial charge in [0.05, 0.1) is 35.2 Å². The summed E-state index contributed by atoms with van der Waals surface area (Å²) in [6, 6.07) is 22.3. The van der Waals surface area contributed by atoms with Crippen molar-refractivity contribution in [1.29, 1.82) is 0 Å². The van der Waals surface area contributed by atoms with Gasteiger partial charge in [0.25, 0.3) is 17.7 Å². The largest absolute Gasteiger partial charge is 0.497 e. The molecule has 1 fully saturated rings. The van der Waals surface area contributed by atoms with Crippen LogP contribution in [0.1, 0.15) is 36.6 Å². The number of rotatable bonds is 7. The zero-order valence-electron chi connectivity index (χ0n) is 22.2. The number of carbonyl (C=O) groups excluding carboxylic acids is 3. The van der Waals surface area contributed by atoms with Crippen LogP contribution in [0.25, 0.3) is 5.69 Å². The predicted octanol–water partition coefficient (Wildman–Crippen LogP) is 3.68. The van der Waals surface area contributed by atoms with Crippen molar-refractivity contribution in [3.05, 3.63) is 107 Å². The number of para-hydroxylation sites is 1. The Morgan fingerprint density at radius 2 is 1.65 bits per heavy atom. The van der Waals surface area contributed by atoms with Crippen molar-refractivity contribution in [2.24, 2.45) is 0 Å². The topological polar surface area (TPSA) is 88.0 Å². The molecular formula is C31H29N5O4. The molecule has 0 unspecified atom stereocenters. The number of hydrogen-bond acceptors (Lipinski definition) is 6. The van der Waals surface area contributed by atoms with Gasteiger partial charge in [0, 0.05) is 45.1 Å². The second-order valence-corrected chi connectivity index (χ2v) is 9.81. The smallest absolute Gasteiger partial charge is 0.263 e. The molecule has 3 heterocycles. The molecule has 202 valence electrons. The van der Waals surface area contributed by atoms with Crippen molar-refractivity contribution in [2.75, 3.05) is 44.7 Å². The minimum Gasteiger partial charge on any atom is -0.497 e. The van der Waals surface area contributed by atoms with Crippen LogP contribution < -0.4 is 9.64 Å². The fourth-order valence-electron chi connectivity index (χ4n) is 5.44. The summed E-state index contributed by atoms with van der Waals surface area (Å²) in [4.78, 5) is 45.4. The van der Waals surface area contributed by atoms with E-state index in [2.05, 4.69) is 10.00 Å². The van der Waals surface area contributed by atoms with E-state index in [1.165, 1.54) is 4.90 Å². The second kappa shape index (κ2) is 10.7. The number of fused-ring (bicyclic) bond motifs is 1. The zero-order valence-corrected chi connectivity index (χ0v) is 22.2. The van der Waals surface area contributed by atoms with Gasteiger partial charge in [-0.1, -0.05) is 30.3 Å². The first kappa shape index (κ1) is 25.4. The molecule has 9 nitrogen and oxygen atoms in total. The Balaban J connectivity index is 1.16. The molecule has 0 spiro atoms. The fraction of sp³-hybridized carbons (Fsp3) is 0.226. The van der Waals surface area contributed by atoms with Gasteiger partial charge in [-0.3, -0.25) is 19.3 Å². The van der Waals surface area contributed by atoms with E-state index >= 15 is 0 Å². The van der Waals surface area contributed by atoms with Gasteiger partial charge in [0.1, 0.15) is 5.75 Å². The van der Waals surface area contributed by atoms with Crippen LogP contribution in [-0.2, 0) is 6.42 Å². The van der Waals surface area contributed by atoms with Gasteiger partial charge in [0.15, 0.2) is 0 Å². The van der Waals surface area contributed by atoms with Crippen molar-refractivity contribution in [2.45, 2.75) is 6.42 Å². The van der Waals surface area contributed by atoms with Crippen LogP contribution in [0.4, 0.5) is 5.69 Å². The minimum atomic E-state index is -0.273. The van der Waals surface area contributed by atoms with Crippen LogP contribution in [0.2, 0.25) is 0 Å². The van der Waals surface area contributed by atoms with Crippen LogP contribution in [0.15, 0.2) is 85.2 Å². The lowest BCUT2D eigenvalue weighted by Crippen LogP contribution is -2.49. The Morgan fingerprint density at radius 3 is 2.42 bits per heavy atom. The van der Waals surface area contributed by atoms with Crippen LogP contribution in [-0.4, -0.2) is 77.1 Å². The number of anilines is 1. The van der Waals surface area contributed by atoms with Crippen molar-refractivity contribution < 1.29 is 19.1 Å². The summed E-state index contributed by atoms with van der Waals surface area (Å²) in [6.07, 6.45) is 4.04. The summed E-state index contributed by atoms with van der Waals surface area (Å²) >= 11 is 0. The molecule has 0 atom stereocenters. The third-order valence-electron chi connectivity index (χ3n) is 7.53. The number of imide groups is 1. The molecular weight excluding hydrogens is 506 g/mol. The molecule has 6 rings (SSSR count). The number of aromatic nitrogens is 2. The lowest BCUT2D eigenvalue weighted by atomic mass is 10.1. The molecule has 40 heavy (non-hydrogen) atoms. The number of benzene rings is 3. The number of amides is 3. The Labute approximate surface area is 232 Å². The summed E-state index contributed by atoms with van der Waals surface area (Å²) in [6.45, 7) is 2.39. The quantitative estimate of drug-likeness (QED) is 0.336. The first-order valence-electron chi connectivity index (χ1n) is 13.3. The van der Waals surface area contributed by atoms with Crippen LogP contribution in [0.3, 0.4) is 0 Å². The van der Waals surface area contributed by atoms with Gasteiger partial charge in [-0.05, 0) is 54.4 Å². The summed E-state index contributed by atoms with van der Waals surface area (Å²) in [5.74, 6) is 0.141. The standard InChI is InChI=1S/C31H29N5O4/c1-40-23-8-4-7-22(21-23)13-16-35-30(38)25-10-5-12-27(28(25)31(35)39)33-17-19-34(20-18-33)29(37)24-9-2-3-11-26(24)36-15-6-14-32-36/h2-12,14-15,21H,13,16-20H2,1H3. The maximum atomic E-state index is 13.5. The monoisotopic (exact) mass is 535 g/mol. The predicted molar refractivity (Wildman–Crippen MR) is 150 cm³/mol. The van der Waals surface area contributed by atoms with Gasteiger partial charge in [-0.15, -0.1) is 0 Å². The van der Waals surface area contributed by atoms with Gasteiger partial charge in [0.2, 0.25) is 0 Å². The number of piperazine rings is 1. The maximum absolute atomic E-state index is 13.5. The Morgan fingerprint density at radius 1 is 0.875 bits per heavy atom. The van der Waals surface area contributed by atoms with E-state index < -0.39 is 0 Å². The van der Waals surface area contributed by atoms with Gasteiger partial charge >= 0.3 is 0 Å². The number of carbonyl (C=O) groups is 3. The molecule has 4 aromatic rings. The third kappa shape index (κ3) is 4.59. The van der Waals surface area contributed by atoms with E-state index in [9.17, 15) is 14.4 Å². The van der Waals surface area contributed by atoms with Crippen molar-refractivity contribution in [1.82, 2.24) is 19.6 Å². The van der Waals surface area contributed by atoms with E-state index in [0.717, 1.165) is 22.7 Å². The van der Waals surface area contributed by atoms with E-state index in [-0.39, 0.29) is 24.3 Å². The molecule has 0 N–H and O–H groups in total. The molecule has 0 saturated carbocycles. The summed E-state index contributed by atoms with van der Waals surface area (Å²) < 4.78 is 6.99. The molecule has 3 amide bonds. The van der Waals surface area contributed by atoms with Crippen LogP contribution in [0.5, 0.6) is 5.75 Å². The average molecular weight is 536 g/mol. The molecule has 0 radical (unpaired) electrons. The number of nitrogens with zero attached hydrogens (tertiary/aromatic N) is 5. The molecule has 2 aliphatic heterocycles. The number of methoxy groups -OCH3 is 1. The number of ether oxygens (including phenoxy) is 1. The average Bonchev–Trinajstić information content (AvgIpc) is 3.63. The second-order valence-electron chi connectivity index (χ2n) is 9.81. The fourth-order valence-corrected chi connectivity index (χ4v) is 5.44. The van der Waals surface area contributed by atoms with Crippen molar-refractivity contribution in [3.8, 4) is 11.4 Å². The van der Waals surface area contributed by atoms with Gasteiger partial charge in [-0.2, -0.15) is 5.10 Å². The molecule has 0 bridgehead atoms. The zero-order chi connectivity index (χ0) is 27.6. The maximum Gasteiger partial charge on any atom is 0.263 e. The van der Waals surface area contributed by atoms with E-state index in [0.29, 0.717) is 49.3 Å². The first-order valence-corrected chi connectivity index (χ1v) is 13.3. The van der Waals surface area contributed by atoms with Crippen molar-refractivity contribution >= 4 is 23.4 Å². The van der Waals surface area contributed by atoms with E-state index in [4.69, 9.17) is 4.74 Å². The SMILES string of the molecule is COc1cccc(CCN2C(=O)c3cccc(N4CCN(C(=O)c5ccccc5-n5cccn5)CC4)c3C2=O)c1. The number of hydrogen-bond donors (Lipinski definition) is 0. The van der Waals surface area contributed by atoms with Crippen LogP contribution in [0, 0.1) is 0 Å². The minimum absolute atomic E-state index is 0.0565. The first-order chi connectivity index (χ1) is 19.5. The van der Waals surface area contributed by atoms with Crippen molar-refractivity contribution in [3.63, 3.8) is 0 Å². The summed E-state index contributed by atoms with van der Waals surface area (Å²) in [7, 11) is 1.61. The van der Waals surface area contributed by atoms with Crippen LogP contribution >= 0.6 is 0 Å². The highest BCUT2D eigenvalue weighted by Gasteiger charge is 2.38. The third-order valence-corrected chi connectivity index (χ3v) is 7.53. The molecule has 3 aromatic carbocycles. The van der Waals surface area contributed by atoms with Gasteiger partial charge in [-0.25, -0.2) is 4.68 Å². The summed E-state index contributed by atoms with van der Waals surface area (Å²) in [5.41, 5.74) is 3.93. The van der Waals surface area contributed by atoms with Gasteiger partial charge < -0.3 is 14.5 Å². The molecule has 1 aromatic heterocycles. The molecule has 1 saturated heterocycles. The summed E-state index contributed by atoms with van der Waals surface area (Å²) in [5, 5.41) is 4.29. The molecule has 9 heteroatoms. The normalized spacial score (nSPS) is 15.0. The highest BCUT2D eigenvalue weighted by atomic mass is 16.5. The Bertz CT molecular complexity index is 1570. The van der Waals surface area contributed by atoms with E-state index in [1.807, 2.05) is 77.8 Å². The Hall–Kier alpha value is -4.92. The Kier molecular flexibility index (Phi) is 6.77. The molecule has 0 aliphatic carbocycles.